The SMILES string of the molecule is COC(=O)CC=Cc1cncc(Cl)c1. The largest absolute Gasteiger partial charge is 0.469 e. The number of pyridine rings is 1. The summed E-state index contributed by atoms with van der Waals surface area (Å²) in [5.74, 6) is -0.267. The molecule has 0 unspecified atom stereocenters. The van der Waals surface area contributed by atoms with E-state index in [2.05, 4.69) is 9.72 Å². The van der Waals surface area contributed by atoms with Crippen molar-refractivity contribution in [1.29, 1.82) is 0 Å². The van der Waals surface area contributed by atoms with Gasteiger partial charge in [-0.25, -0.2) is 0 Å². The number of esters is 1. The van der Waals surface area contributed by atoms with Crippen LogP contribution in [0.5, 0.6) is 0 Å². The minimum atomic E-state index is -0.267. The third-order valence-electron chi connectivity index (χ3n) is 1.55. The molecule has 0 aliphatic rings. The van der Waals surface area contributed by atoms with Gasteiger partial charge >= 0.3 is 5.97 Å². The van der Waals surface area contributed by atoms with Crippen LogP contribution in [0.4, 0.5) is 0 Å². The van der Waals surface area contributed by atoms with Crippen molar-refractivity contribution in [3.05, 3.63) is 35.1 Å². The van der Waals surface area contributed by atoms with Gasteiger partial charge in [-0.2, -0.15) is 0 Å². The van der Waals surface area contributed by atoms with Gasteiger partial charge < -0.3 is 4.74 Å². The van der Waals surface area contributed by atoms with Crippen molar-refractivity contribution in [2.75, 3.05) is 7.11 Å². The van der Waals surface area contributed by atoms with Gasteiger partial charge in [0.25, 0.3) is 0 Å². The number of methoxy groups -OCH3 is 1. The zero-order chi connectivity index (χ0) is 10.4. The molecule has 3 nitrogen and oxygen atoms in total. The first-order valence-corrected chi connectivity index (χ1v) is 4.44. The summed E-state index contributed by atoms with van der Waals surface area (Å²) in [6.07, 6.45) is 6.96. The maximum Gasteiger partial charge on any atom is 0.309 e. The molecule has 0 spiro atoms. The zero-order valence-electron chi connectivity index (χ0n) is 7.74. The van der Waals surface area contributed by atoms with E-state index in [-0.39, 0.29) is 12.4 Å². The first kappa shape index (κ1) is 10.7. The van der Waals surface area contributed by atoms with E-state index in [1.807, 2.05) is 0 Å². The molecule has 0 saturated carbocycles. The first-order chi connectivity index (χ1) is 6.72. The molecule has 0 fully saturated rings. The third kappa shape index (κ3) is 3.58. The quantitative estimate of drug-likeness (QED) is 0.721. The fourth-order valence-corrected chi connectivity index (χ4v) is 1.08. The van der Waals surface area contributed by atoms with E-state index in [4.69, 9.17) is 11.6 Å². The van der Waals surface area contributed by atoms with Crippen LogP contribution in [-0.4, -0.2) is 18.1 Å². The molecule has 4 heteroatoms. The van der Waals surface area contributed by atoms with Gasteiger partial charge in [0.1, 0.15) is 0 Å². The Kier molecular flexibility index (Phi) is 4.13. The first-order valence-electron chi connectivity index (χ1n) is 4.06. The molecule has 0 atom stereocenters. The number of hydrogen-bond acceptors (Lipinski definition) is 3. The molecule has 1 aromatic rings. The molecule has 0 bridgehead atoms. The number of hydrogen-bond donors (Lipinski definition) is 0. The molecule has 1 aromatic heterocycles. The van der Waals surface area contributed by atoms with Crippen LogP contribution >= 0.6 is 11.6 Å². The van der Waals surface area contributed by atoms with Crippen LogP contribution in [-0.2, 0) is 9.53 Å². The Balaban J connectivity index is 2.56. The Morgan fingerprint density at radius 2 is 2.43 bits per heavy atom. The number of aromatic nitrogens is 1. The van der Waals surface area contributed by atoms with Crippen molar-refractivity contribution >= 4 is 23.6 Å². The molecule has 0 aliphatic heterocycles. The summed E-state index contributed by atoms with van der Waals surface area (Å²) in [6, 6.07) is 1.77. The lowest BCUT2D eigenvalue weighted by atomic mass is 10.2. The fraction of sp³-hybridized carbons (Fsp3) is 0.200. The van der Waals surface area contributed by atoms with Crippen LogP contribution < -0.4 is 0 Å². The smallest absolute Gasteiger partial charge is 0.309 e. The lowest BCUT2D eigenvalue weighted by Crippen LogP contribution is -1.96. The normalized spacial score (nSPS) is 10.4. The number of carbonyl (C=O) groups is 1. The van der Waals surface area contributed by atoms with E-state index in [9.17, 15) is 4.79 Å². The van der Waals surface area contributed by atoms with Crippen LogP contribution in [0.1, 0.15) is 12.0 Å². The number of ether oxygens (including phenoxy) is 1. The van der Waals surface area contributed by atoms with Gasteiger partial charge in [0.15, 0.2) is 0 Å². The van der Waals surface area contributed by atoms with E-state index in [0.717, 1.165) is 5.56 Å². The van der Waals surface area contributed by atoms with Crippen LogP contribution in [0.3, 0.4) is 0 Å². The maximum atomic E-state index is 10.8. The van der Waals surface area contributed by atoms with Gasteiger partial charge in [-0.15, -0.1) is 0 Å². The average molecular weight is 212 g/mol. The monoisotopic (exact) mass is 211 g/mol. The van der Waals surface area contributed by atoms with Gasteiger partial charge in [0, 0.05) is 12.4 Å². The Morgan fingerprint density at radius 1 is 1.64 bits per heavy atom. The number of halogens is 1. The summed E-state index contributed by atoms with van der Waals surface area (Å²) in [7, 11) is 1.36. The van der Waals surface area contributed by atoms with Crippen molar-refractivity contribution in [2.24, 2.45) is 0 Å². The highest BCUT2D eigenvalue weighted by molar-refractivity contribution is 6.30. The Hall–Kier alpha value is -1.35. The van der Waals surface area contributed by atoms with Gasteiger partial charge in [0.05, 0.1) is 18.6 Å². The van der Waals surface area contributed by atoms with Crippen LogP contribution in [0.25, 0.3) is 6.08 Å². The maximum absolute atomic E-state index is 10.8. The molecule has 1 heterocycles. The van der Waals surface area contributed by atoms with E-state index in [0.29, 0.717) is 5.02 Å². The molecule has 14 heavy (non-hydrogen) atoms. The average Bonchev–Trinajstić information content (AvgIpc) is 2.17. The minimum absolute atomic E-state index is 0.253. The van der Waals surface area contributed by atoms with Crippen molar-refractivity contribution in [1.82, 2.24) is 4.98 Å². The van der Waals surface area contributed by atoms with Crippen LogP contribution in [0, 0.1) is 0 Å². The molecule has 0 amide bonds. The van der Waals surface area contributed by atoms with E-state index < -0.39 is 0 Å². The number of nitrogens with zero attached hydrogens (tertiary/aromatic N) is 1. The van der Waals surface area contributed by atoms with Crippen molar-refractivity contribution < 1.29 is 9.53 Å². The zero-order valence-corrected chi connectivity index (χ0v) is 8.49. The Bertz CT molecular complexity index is 350. The standard InChI is InChI=1S/C10H10ClNO2/c1-14-10(13)4-2-3-8-5-9(11)7-12-6-8/h2-3,5-7H,4H2,1H3. The lowest BCUT2D eigenvalue weighted by molar-refractivity contribution is -0.139. The second-order valence-electron chi connectivity index (χ2n) is 2.62. The topological polar surface area (TPSA) is 39.2 Å². The van der Waals surface area contributed by atoms with E-state index >= 15 is 0 Å². The molecular formula is C10H10ClNO2. The van der Waals surface area contributed by atoms with Gasteiger partial charge in [-0.3, -0.25) is 9.78 Å². The molecule has 1 rings (SSSR count). The second kappa shape index (κ2) is 5.40. The van der Waals surface area contributed by atoms with Gasteiger partial charge in [0.2, 0.25) is 0 Å². The second-order valence-corrected chi connectivity index (χ2v) is 3.06. The predicted molar refractivity (Wildman–Crippen MR) is 54.9 cm³/mol. The van der Waals surface area contributed by atoms with Gasteiger partial charge in [-0.05, 0) is 11.6 Å². The Morgan fingerprint density at radius 3 is 3.07 bits per heavy atom. The van der Waals surface area contributed by atoms with Gasteiger partial charge in [-0.1, -0.05) is 23.8 Å². The van der Waals surface area contributed by atoms with E-state index in [1.165, 1.54) is 7.11 Å². The number of carbonyl (C=O) groups excluding carboxylic acids is 1. The summed E-state index contributed by atoms with van der Waals surface area (Å²) in [5, 5.41) is 0.574. The van der Waals surface area contributed by atoms with E-state index in [1.54, 1.807) is 30.6 Å². The van der Waals surface area contributed by atoms with Crippen molar-refractivity contribution in [3.63, 3.8) is 0 Å². The molecule has 74 valence electrons. The minimum Gasteiger partial charge on any atom is -0.469 e. The molecule has 0 saturated heterocycles. The van der Waals surface area contributed by atoms with Crippen molar-refractivity contribution in [3.8, 4) is 0 Å². The molecule has 0 N–H and O–H groups in total. The molecule has 0 aromatic carbocycles. The van der Waals surface area contributed by atoms with Crippen LogP contribution in [0.2, 0.25) is 5.02 Å². The highest BCUT2D eigenvalue weighted by Gasteiger charge is 1.94. The highest BCUT2D eigenvalue weighted by Crippen LogP contribution is 2.09. The molecule has 0 radical (unpaired) electrons. The predicted octanol–water partition coefficient (Wildman–Crippen LogP) is 2.31. The van der Waals surface area contributed by atoms with Crippen molar-refractivity contribution in [2.45, 2.75) is 6.42 Å². The fourth-order valence-electron chi connectivity index (χ4n) is 0.894. The third-order valence-corrected chi connectivity index (χ3v) is 1.76. The molecule has 0 aliphatic carbocycles. The summed E-state index contributed by atoms with van der Waals surface area (Å²) >= 11 is 5.73. The number of rotatable bonds is 3. The summed E-state index contributed by atoms with van der Waals surface area (Å²) < 4.78 is 4.48. The Labute approximate surface area is 87.4 Å². The summed E-state index contributed by atoms with van der Waals surface area (Å²) in [5.41, 5.74) is 0.862. The summed E-state index contributed by atoms with van der Waals surface area (Å²) in [6.45, 7) is 0. The lowest BCUT2D eigenvalue weighted by Gasteiger charge is -1.94. The molecular weight excluding hydrogens is 202 g/mol. The highest BCUT2D eigenvalue weighted by atomic mass is 35.5. The summed E-state index contributed by atoms with van der Waals surface area (Å²) in [4.78, 5) is 14.7. The van der Waals surface area contributed by atoms with Crippen LogP contribution in [0.15, 0.2) is 24.5 Å².